The predicted molar refractivity (Wildman–Crippen MR) is 77.4 cm³/mol. The van der Waals surface area contributed by atoms with Crippen molar-refractivity contribution in [2.45, 2.75) is 45.9 Å². The molecule has 0 aliphatic heterocycles. The van der Waals surface area contributed by atoms with Gasteiger partial charge in [-0.25, -0.2) is 0 Å². The molecule has 1 aliphatic carbocycles. The number of benzene rings is 1. The van der Waals surface area contributed by atoms with Crippen LogP contribution in [0, 0.1) is 5.41 Å². The number of hydrogen-bond donors (Lipinski definition) is 1. The average molecular weight is 263 g/mol. The van der Waals surface area contributed by atoms with Gasteiger partial charge in [-0.2, -0.15) is 0 Å². The van der Waals surface area contributed by atoms with Crippen LogP contribution in [0.5, 0.6) is 5.75 Å². The lowest BCUT2D eigenvalue weighted by molar-refractivity contribution is -0.114. The van der Waals surface area contributed by atoms with Crippen LogP contribution >= 0.6 is 0 Å². The molecule has 3 nitrogen and oxygen atoms in total. The van der Waals surface area contributed by atoms with Gasteiger partial charge < -0.3 is 14.8 Å². The van der Waals surface area contributed by atoms with E-state index in [9.17, 15) is 0 Å². The Morgan fingerprint density at radius 3 is 2.68 bits per heavy atom. The number of hydrogen-bond acceptors (Lipinski definition) is 3. The fourth-order valence-corrected chi connectivity index (χ4v) is 2.80. The van der Waals surface area contributed by atoms with Gasteiger partial charge in [-0.15, -0.1) is 0 Å². The van der Waals surface area contributed by atoms with E-state index in [2.05, 4.69) is 38.2 Å². The molecule has 0 bridgehead atoms. The van der Waals surface area contributed by atoms with Gasteiger partial charge in [-0.05, 0) is 19.4 Å². The van der Waals surface area contributed by atoms with E-state index in [0.29, 0.717) is 12.1 Å². The quantitative estimate of drug-likeness (QED) is 0.856. The smallest absolute Gasteiger partial charge is 0.123 e. The van der Waals surface area contributed by atoms with Crippen LogP contribution in [0.2, 0.25) is 0 Å². The van der Waals surface area contributed by atoms with Crippen LogP contribution in [-0.4, -0.2) is 25.9 Å². The largest absolute Gasteiger partial charge is 0.496 e. The molecule has 1 aromatic carbocycles. The zero-order chi connectivity index (χ0) is 13.9. The second-order valence-corrected chi connectivity index (χ2v) is 5.75. The molecule has 19 heavy (non-hydrogen) atoms. The summed E-state index contributed by atoms with van der Waals surface area (Å²) < 4.78 is 11.1. The van der Waals surface area contributed by atoms with E-state index in [0.717, 1.165) is 25.3 Å². The molecule has 2 unspecified atom stereocenters. The van der Waals surface area contributed by atoms with E-state index in [1.54, 1.807) is 7.11 Å². The maximum absolute atomic E-state index is 5.76. The van der Waals surface area contributed by atoms with Crippen molar-refractivity contribution in [3.63, 3.8) is 0 Å². The molecule has 0 radical (unpaired) electrons. The van der Waals surface area contributed by atoms with Gasteiger partial charge in [0, 0.05) is 30.2 Å². The molecular formula is C16H25NO2. The monoisotopic (exact) mass is 263 g/mol. The number of ether oxygens (including phenoxy) is 2. The molecule has 1 aromatic rings. The molecule has 0 aromatic heterocycles. The first kappa shape index (κ1) is 14.4. The number of methoxy groups -OCH3 is 1. The summed E-state index contributed by atoms with van der Waals surface area (Å²) in [4.78, 5) is 0. The zero-order valence-corrected chi connectivity index (χ0v) is 12.4. The summed E-state index contributed by atoms with van der Waals surface area (Å²) in [6.07, 6.45) is 1.48. The Morgan fingerprint density at radius 1 is 1.32 bits per heavy atom. The highest BCUT2D eigenvalue weighted by molar-refractivity contribution is 5.33. The lowest BCUT2D eigenvalue weighted by atomic mass is 9.64. The molecule has 3 heteroatoms. The fourth-order valence-electron chi connectivity index (χ4n) is 2.80. The maximum atomic E-state index is 5.76. The van der Waals surface area contributed by atoms with Crippen molar-refractivity contribution >= 4 is 0 Å². The maximum Gasteiger partial charge on any atom is 0.123 e. The number of rotatable bonds is 6. The SMILES string of the molecule is CCOC1CC(NCc2ccccc2OC)C1(C)C. The van der Waals surface area contributed by atoms with Crippen LogP contribution in [0.25, 0.3) is 0 Å². The lowest BCUT2D eigenvalue weighted by Crippen LogP contribution is -2.60. The molecule has 1 aliphatic rings. The number of para-hydroxylation sites is 1. The second kappa shape index (κ2) is 5.93. The number of nitrogens with one attached hydrogen (secondary N) is 1. The zero-order valence-electron chi connectivity index (χ0n) is 12.4. The van der Waals surface area contributed by atoms with Crippen LogP contribution in [0.15, 0.2) is 24.3 Å². The van der Waals surface area contributed by atoms with Gasteiger partial charge in [0.15, 0.2) is 0 Å². The van der Waals surface area contributed by atoms with Gasteiger partial charge in [-0.1, -0.05) is 32.0 Å². The van der Waals surface area contributed by atoms with Crippen molar-refractivity contribution < 1.29 is 9.47 Å². The Morgan fingerprint density at radius 2 is 2.05 bits per heavy atom. The van der Waals surface area contributed by atoms with Crippen LogP contribution in [0.1, 0.15) is 32.8 Å². The van der Waals surface area contributed by atoms with E-state index in [1.807, 2.05) is 12.1 Å². The summed E-state index contributed by atoms with van der Waals surface area (Å²) in [6, 6.07) is 8.67. The minimum absolute atomic E-state index is 0.206. The van der Waals surface area contributed by atoms with Crippen molar-refractivity contribution in [3.05, 3.63) is 29.8 Å². The molecule has 0 amide bonds. The van der Waals surface area contributed by atoms with Crippen molar-refractivity contribution in [2.24, 2.45) is 5.41 Å². The molecule has 2 rings (SSSR count). The van der Waals surface area contributed by atoms with E-state index in [4.69, 9.17) is 9.47 Å². The van der Waals surface area contributed by atoms with E-state index < -0.39 is 0 Å². The Hall–Kier alpha value is -1.06. The van der Waals surface area contributed by atoms with Gasteiger partial charge >= 0.3 is 0 Å². The topological polar surface area (TPSA) is 30.5 Å². The van der Waals surface area contributed by atoms with Crippen molar-refractivity contribution in [1.29, 1.82) is 0 Å². The third kappa shape index (κ3) is 2.93. The third-order valence-corrected chi connectivity index (χ3v) is 4.28. The van der Waals surface area contributed by atoms with Crippen LogP contribution in [-0.2, 0) is 11.3 Å². The molecule has 2 atom stereocenters. The highest BCUT2D eigenvalue weighted by Crippen LogP contribution is 2.42. The minimum Gasteiger partial charge on any atom is -0.496 e. The molecule has 1 N–H and O–H groups in total. The average Bonchev–Trinajstić information content (AvgIpc) is 2.42. The minimum atomic E-state index is 0.206. The Balaban J connectivity index is 1.90. The molecule has 1 fully saturated rings. The van der Waals surface area contributed by atoms with Gasteiger partial charge in [-0.3, -0.25) is 0 Å². The van der Waals surface area contributed by atoms with Crippen molar-refractivity contribution in [3.8, 4) is 5.75 Å². The first-order valence-corrected chi connectivity index (χ1v) is 7.06. The summed E-state index contributed by atoms with van der Waals surface area (Å²) >= 11 is 0. The summed E-state index contributed by atoms with van der Waals surface area (Å²) in [5.74, 6) is 0.952. The molecule has 0 saturated heterocycles. The molecule has 0 heterocycles. The van der Waals surface area contributed by atoms with Gasteiger partial charge in [0.25, 0.3) is 0 Å². The van der Waals surface area contributed by atoms with E-state index >= 15 is 0 Å². The lowest BCUT2D eigenvalue weighted by Gasteiger charge is -2.52. The Bertz CT molecular complexity index is 417. The van der Waals surface area contributed by atoms with Gasteiger partial charge in [0.1, 0.15) is 5.75 Å². The molecule has 1 saturated carbocycles. The highest BCUT2D eigenvalue weighted by atomic mass is 16.5. The van der Waals surface area contributed by atoms with Crippen LogP contribution in [0.4, 0.5) is 0 Å². The Labute approximate surface area is 116 Å². The predicted octanol–water partition coefficient (Wildman–Crippen LogP) is 2.99. The standard InChI is InChI=1S/C16H25NO2/c1-5-19-15-10-14(16(15,2)3)17-11-12-8-6-7-9-13(12)18-4/h6-9,14-15,17H,5,10-11H2,1-4H3. The van der Waals surface area contributed by atoms with Crippen LogP contribution < -0.4 is 10.1 Å². The summed E-state index contributed by atoms with van der Waals surface area (Å²) in [5.41, 5.74) is 1.42. The first-order valence-electron chi connectivity index (χ1n) is 7.06. The van der Waals surface area contributed by atoms with Crippen molar-refractivity contribution in [2.75, 3.05) is 13.7 Å². The first-order chi connectivity index (χ1) is 9.09. The molecule has 106 valence electrons. The molecule has 0 spiro atoms. The van der Waals surface area contributed by atoms with Gasteiger partial charge in [0.2, 0.25) is 0 Å². The van der Waals surface area contributed by atoms with Gasteiger partial charge in [0.05, 0.1) is 13.2 Å². The fraction of sp³-hybridized carbons (Fsp3) is 0.625. The second-order valence-electron chi connectivity index (χ2n) is 5.75. The summed E-state index contributed by atoms with van der Waals surface area (Å²) in [6.45, 7) is 8.25. The molecular weight excluding hydrogens is 238 g/mol. The summed E-state index contributed by atoms with van der Waals surface area (Å²) in [7, 11) is 1.72. The third-order valence-electron chi connectivity index (χ3n) is 4.28. The normalized spacial score (nSPS) is 24.8. The Kier molecular flexibility index (Phi) is 4.48. The summed E-state index contributed by atoms with van der Waals surface area (Å²) in [5, 5.41) is 3.63. The van der Waals surface area contributed by atoms with E-state index in [1.165, 1.54) is 5.56 Å². The van der Waals surface area contributed by atoms with Crippen LogP contribution in [0.3, 0.4) is 0 Å². The van der Waals surface area contributed by atoms with Crippen molar-refractivity contribution in [1.82, 2.24) is 5.32 Å². The van der Waals surface area contributed by atoms with E-state index in [-0.39, 0.29) is 5.41 Å². The highest BCUT2D eigenvalue weighted by Gasteiger charge is 2.48.